The van der Waals surface area contributed by atoms with Crippen LogP contribution in [0, 0.1) is 0 Å². The van der Waals surface area contributed by atoms with Gasteiger partial charge in [0.05, 0.1) is 17.2 Å². The molecule has 0 saturated heterocycles. The summed E-state index contributed by atoms with van der Waals surface area (Å²) in [4.78, 5) is 10.8. The zero-order valence-corrected chi connectivity index (χ0v) is 13.7. The summed E-state index contributed by atoms with van der Waals surface area (Å²) in [5.74, 6) is -0.282. The maximum Gasteiger partial charge on any atom is 0.186 e. The van der Waals surface area contributed by atoms with E-state index < -0.39 is 5.97 Å². The molecule has 0 aliphatic heterocycles. The molecule has 2 aromatic rings. The van der Waals surface area contributed by atoms with Gasteiger partial charge in [0.1, 0.15) is 11.5 Å². The van der Waals surface area contributed by atoms with Crippen LogP contribution in [0.3, 0.4) is 0 Å². The molecule has 0 bridgehead atoms. The minimum atomic E-state index is -1.32. The topological polar surface area (TPSA) is 89.7 Å². The van der Waals surface area contributed by atoms with Crippen molar-refractivity contribution in [1.82, 2.24) is 10.7 Å². The van der Waals surface area contributed by atoms with Crippen molar-refractivity contribution in [2.45, 2.75) is 6.92 Å². The molecule has 6 nitrogen and oxygen atoms in total. The molecule has 120 valence electrons. The van der Waals surface area contributed by atoms with E-state index in [0.29, 0.717) is 28.7 Å². The van der Waals surface area contributed by atoms with Crippen molar-refractivity contribution < 1.29 is 14.3 Å². The lowest BCUT2D eigenvalue weighted by Crippen LogP contribution is -2.31. The van der Waals surface area contributed by atoms with Crippen LogP contribution in [0.15, 0.2) is 39.9 Å². The lowest BCUT2D eigenvalue weighted by atomic mass is 10.1. The number of nitrogens with zero attached hydrogens (tertiary/aromatic N) is 1. The Labute approximate surface area is 143 Å². The van der Waals surface area contributed by atoms with Crippen molar-refractivity contribution in [3.05, 3.63) is 46.7 Å². The zero-order chi connectivity index (χ0) is 16.8. The van der Waals surface area contributed by atoms with Crippen LogP contribution >= 0.6 is 23.8 Å². The van der Waals surface area contributed by atoms with Crippen LogP contribution in [0.2, 0.25) is 5.02 Å². The maximum atomic E-state index is 10.8. The second-order valence-electron chi connectivity index (χ2n) is 4.41. The molecule has 0 aliphatic carbocycles. The quantitative estimate of drug-likeness (QED) is 0.485. The van der Waals surface area contributed by atoms with E-state index >= 15 is 0 Å². The number of furan rings is 1. The first-order valence-electron chi connectivity index (χ1n) is 6.69. The standard InChI is InChI=1S/C15H14ClN3O3S/c1-2-17-15(23)19-18-8-10-4-6-13(22-10)9-3-5-11(14(20)21)12(16)7-9/h3-8H,2H2,1H3,(H,20,21)(H2,17,19,23)/p-1/b18-8-. The largest absolute Gasteiger partial charge is 0.545 e. The fraction of sp³-hybridized carbons (Fsp3) is 0.133. The Balaban J connectivity index is 2.10. The lowest BCUT2D eigenvalue weighted by molar-refractivity contribution is -0.255. The average Bonchev–Trinajstić information content (AvgIpc) is 2.96. The fourth-order valence-electron chi connectivity index (χ4n) is 1.77. The molecular weight excluding hydrogens is 338 g/mol. The summed E-state index contributed by atoms with van der Waals surface area (Å²) < 4.78 is 5.59. The van der Waals surface area contributed by atoms with Crippen LogP contribution in [-0.2, 0) is 0 Å². The summed E-state index contributed by atoms with van der Waals surface area (Å²) >= 11 is 10.9. The lowest BCUT2D eigenvalue weighted by Gasteiger charge is -2.06. The van der Waals surface area contributed by atoms with Gasteiger partial charge in [-0.1, -0.05) is 23.7 Å². The van der Waals surface area contributed by atoms with Crippen LogP contribution in [0.5, 0.6) is 0 Å². The molecule has 0 spiro atoms. The highest BCUT2D eigenvalue weighted by Gasteiger charge is 2.07. The summed E-state index contributed by atoms with van der Waals surface area (Å²) in [6.45, 7) is 2.63. The Bertz CT molecular complexity index is 758. The first kappa shape index (κ1) is 17.0. The number of thiocarbonyl (C=S) groups is 1. The van der Waals surface area contributed by atoms with Crippen LogP contribution in [-0.4, -0.2) is 23.8 Å². The molecule has 1 heterocycles. The molecule has 0 saturated carbocycles. The summed E-state index contributed by atoms with van der Waals surface area (Å²) in [5.41, 5.74) is 3.23. The molecule has 0 amide bonds. The number of carboxylic acid groups (broad SMARTS) is 1. The summed E-state index contributed by atoms with van der Waals surface area (Å²) in [6.07, 6.45) is 1.48. The SMILES string of the molecule is CCNC(=S)N/N=C\c1ccc(-c2ccc(C(=O)[O-])c(Cl)c2)o1. The van der Waals surface area contributed by atoms with Gasteiger partial charge in [0, 0.05) is 17.7 Å². The van der Waals surface area contributed by atoms with E-state index in [2.05, 4.69) is 15.8 Å². The number of carbonyl (C=O) groups is 1. The Morgan fingerprint density at radius 3 is 2.87 bits per heavy atom. The summed E-state index contributed by atoms with van der Waals surface area (Å²) in [5, 5.41) is 18.2. The first-order chi connectivity index (χ1) is 11.0. The van der Waals surface area contributed by atoms with E-state index in [0.717, 1.165) is 0 Å². The number of carbonyl (C=O) groups excluding carboxylic acids is 1. The average molecular weight is 351 g/mol. The molecule has 0 fully saturated rings. The highest BCUT2D eigenvalue weighted by atomic mass is 35.5. The Morgan fingerprint density at radius 2 is 2.22 bits per heavy atom. The van der Waals surface area contributed by atoms with Gasteiger partial charge in [-0.25, -0.2) is 0 Å². The zero-order valence-electron chi connectivity index (χ0n) is 12.1. The van der Waals surface area contributed by atoms with Crippen LogP contribution in [0.4, 0.5) is 0 Å². The Hall–Kier alpha value is -2.38. The third kappa shape index (κ3) is 4.54. The Morgan fingerprint density at radius 1 is 1.43 bits per heavy atom. The Kier molecular flexibility index (Phi) is 5.72. The number of benzene rings is 1. The van der Waals surface area contributed by atoms with Crippen molar-refractivity contribution in [3.63, 3.8) is 0 Å². The number of aromatic carboxylic acids is 1. The molecule has 2 N–H and O–H groups in total. The van der Waals surface area contributed by atoms with E-state index in [4.69, 9.17) is 28.2 Å². The number of carboxylic acids is 1. The van der Waals surface area contributed by atoms with Crippen LogP contribution < -0.4 is 15.8 Å². The van der Waals surface area contributed by atoms with Crippen molar-refractivity contribution >= 4 is 41.1 Å². The van der Waals surface area contributed by atoms with E-state index in [1.165, 1.54) is 18.3 Å². The van der Waals surface area contributed by atoms with Crippen molar-refractivity contribution in [2.75, 3.05) is 6.54 Å². The smallest absolute Gasteiger partial charge is 0.186 e. The molecule has 0 aliphatic rings. The van der Waals surface area contributed by atoms with Crippen molar-refractivity contribution in [2.24, 2.45) is 5.10 Å². The normalized spacial score (nSPS) is 10.7. The third-order valence-corrected chi connectivity index (χ3v) is 3.34. The van der Waals surface area contributed by atoms with E-state index in [9.17, 15) is 9.90 Å². The van der Waals surface area contributed by atoms with Crippen molar-refractivity contribution in [1.29, 1.82) is 0 Å². The minimum absolute atomic E-state index is 0.0649. The molecule has 0 unspecified atom stereocenters. The van der Waals surface area contributed by atoms with E-state index in [1.807, 2.05) is 6.92 Å². The number of hydrogen-bond acceptors (Lipinski definition) is 5. The number of nitrogens with one attached hydrogen (secondary N) is 2. The minimum Gasteiger partial charge on any atom is -0.545 e. The highest BCUT2D eigenvalue weighted by Crippen LogP contribution is 2.26. The van der Waals surface area contributed by atoms with E-state index in [-0.39, 0.29) is 10.6 Å². The van der Waals surface area contributed by atoms with Gasteiger partial charge in [-0.3, -0.25) is 5.43 Å². The van der Waals surface area contributed by atoms with Gasteiger partial charge in [-0.15, -0.1) is 0 Å². The van der Waals surface area contributed by atoms with Gasteiger partial charge >= 0.3 is 0 Å². The molecule has 8 heteroatoms. The third-order valence-electron chi connectivity index (χ3n) is 2.80. The number of halogens is 1. The van der Waals surface area contributed by atoms with Crippen LogP contribution in [0.1, 0.15) is 23.0 Å². The number of hydrogen-bond donors (Lipinski definition) is 2. The predicted octanol–water partition coefficient (Wildman–Crippen LogP) is 1.78. The molecule has 1 aromatic heterocycles. The van der Waals surface area contributed by atoms with Gasteiger partial charge in [-0.05, 0) is 37.3 Å². The molecule has 2 rings (SSSR count). The van der Waals surface area contributed by atoms with E-state index in [1.54, 1.807) is 18.2 Å². The van der Waals surface area contributed by atoms with Gasteiger partial charge in [0.15, 0.2) is 5.11 Å². The van der Waals surface area contributed by atoms with Crippen molar-refractivity contribution in [3.8, 4) is 11.3 Å². The van der Waals surface area contributed by atoms with Gasteiger partial charge in [0.2, 0.25) is 0 Å². The highest BCUT2D eigenvalue weighted by molar-refractivity contribution is 7.80. The monoisotopic (exact) mass is 350 g/mol. The molecular formula is C15H13ClN3O3S-. The van der Waals surface area contributed by atoms with Crippen LogP contribution in [0.25, 0.3) is 11.3 Å². The molecule has 1 aromatic carbocycles. The second-order valence-corrected chi connectivity index (χ2v) is 5.23. The van der Waals surface area contributed by atoms with Gasteiger partial charge in [-0.2, -0.15) is 5.10 Å². The fourth-order valence-corrected chi connectivity index (χ4v) is 2.22. The molecule has 0 atom stereocenters. The molecule has 0 radical (unpaired) electrons. The first-order valence-corrected chi connectivity index (χ1v) is 7.48. The number of rotatable bonds is 5. The molecule has 23 heavy (non-hydrogen) atoms. The van der Waals surface area contributed by atoms with Gasteiger partial charge < -0.3 is 19.6 Å². The maximum absolute atomic E-state index is 10.8. The van der Waals surface area contributed by atoms with Gasteiger partial charge in [0.25, 0.3) is 0 Å². The summed E-state index contributed by atoms with van der Waals surface area (Å²) in [7, 11) is 0. The second kappa shape index (κ2) is 7.75. The predicted molar refractivity (Wildman–Crippen MR) is 90.5 cm³/mol. The number of hydrazone groups is 1. The summed E-state index contributed by atoms with van der Waals surface area (Å²) in [6, 6.07) is 7.92.